The molecule has 1 heterocycles. The summed E-state index contributed by atoms with van der Waals surface area (Å²) in [4.78, 5) is 4.10. The van der Waals surface area contributed by atoms with Gasteiger partial charge in [-0.05, 0) is 25.1 Å². The molecule has 3 N–H and O–H groups in total. The van der Waals surface area contributed by atoms with Crippen molar-refractivity contribution < 1.29 is 4.52 Å². The fourth-order valence-electron chi connectivity index (χ4n) is 1.53. The zero-order chi connectivity index (χ0) is 13.0. The van der Waals surface area contributed by atoms with Gasteiger partial charge in [0.2, 0.25) is 5.89 Å². The Morgan fingerprint density at radius 2 is 2.33 bits per heavy atom. The predicted molar refractivity (Wildman–Crippen MR) is 66.8 cm³/mol. The standard InChI is InChI=1S/C12H13N5O/c1-8-16-12(18-17-8)4-5-15-10-3-2-9(7-13)11(14)6-10/h2-3,6,15H,4-5,14H2,1H3. The maximum Gasteiger partial charge on any atom is 0.228 e. The smallest absolute Gasteiger partial charge is 0.228 e. The van der Waals surface area contributed by atoms with E-state index in [2.05, 4.69) is 15.5 Å². The van der Waals surface area contributed by atoms with Crippen molar-refractivity contribution in [2.75, 3.05) is 17.6 Å². The minimum Gasteiger partial charge on any atom is -0.398 e. The van der Waals surface area contributed by atoms with E-state index in [-0.39, 0.29) is 0 Å². The molecular formula is C12H13N5O. The molecule has 18 heavy (non-hydrogen) atoms. The second-order valence-corrected chi connectivity index (χ2v) is 3.83. The van der Waals surface area contributed by atoms with Crippen molar-refractivity contribution in [2.24, 2.45) is 0 Å². The second-order valence-electron chi connectivity index (χ2n) is 3.83. The van der Waals surface area contributed by atoms with E-state index in [1.807, 2.05) is 12.1 Å². The molecule has 0 radical (unpaired) electrons. The quantitative estimate of drug-likeness (QED) is 0.789. The van der Waals surface area contributed by atoms with E-state index >= 15 is 0 Å². The molecule has 92 valence electrons. The number of nitrogens with one attached hydrogen (secondary N) is 1. The van der Waals surface area contributed by atoms with Crippen molar-refractivity contribution in [2.45, 2.75) is 13.3 Å². The highest BCUT2D eigenvalue weighted by atomic mass is 16.5. The largest absolute Gasteiger partial charge is 0.398 e. The molecule has 0 saturated carbocycles. The lowest BCUT2D eigenvalue weighted by atomic mass is 10.2. The lowest BCUT2D eigenvalue weighted by molar-refractivity contribution is 0.377. The Hall–Kier alpha value is -2.55. The van der Waals surface area contributed by atoms with Gasteiger partial charge in [0.05, 0.1) is 11.3 Å². The van der Waals surface area contributed by atoms with Crippen LogP contribution >= 0.6 is 0 Å². The van der Waals surface area contributed by atoms with Crippen LogP contribution in [0.3, 0.4) is 0 Å². The number of nitrogens with two attached hydrogens (primary N) is 1. The van der Waals surface area contributed by atoms with Crippen LogP contribution in [0.15, 0.2) is 22.7 Å². The van der Waals surface area contributed by atoms with Gasteiger partial charge in [-0.15, -0.1) is 0 Å². The Bertz CT molecular complexity index is 584. The average molecular weight is 243 g/mol. The minimum atomic E-state index is 0.469. The summed E-state index contributed by atoms with van der Waals surface area (Å²) in [6.45, 7) is 2.44. The molecule has 6 nitrogen and oxygen atoms in total. The number of hydrogen-bond acceptors (Lipinski definition) is 6. The number of benzene rings is 1. The number of hydrogen-bond donors (Lipinski definition) is 2. The van der Waals surface area contributed by atoms with Gasteiger partial charge < -0.3 is 15.6 Å². The van der Waals surface area contributed by atoms with Gasteiger partial charge in [0.1, 0.15) is 6.07 Å². The molecule has 6 heteroatoms. The topological polar surface area (TPSA) is 101 Å². The second kappa shape index (κ2) is 5.19. The van der Waals surface area contributed by atoms with E-state index in [4.69, 9.17) is 15.5 Å². The van der Waals surface area contributed by atoms with Gasteiger partial charge in [0.25, 0.3) is 0 Å². The SMILES string of the molecule is Cc1noc(CCNc2ccc(C#N)c(N)c2)n1. The third-order valence-corrected chi connectivity index (χ3v) is 2.41. The number of nitrogen functional groups attached to an aromatic ring is 1. The molecular weight excluding hydrogens is 230 g/mol. The monoisotopic (exact) mass is 243 g/mol. The van der Waals surface area contributed by atoms with Crippen LogP contribution in [-0.4, -0.2) is 16.7 Å². The van der Waals surface area contributed by atoms with Crippen molar-refractivity contribution in [1.82, 2.24) is 10.1 Å². The number of aromatic nitrogens is 2. The van der Waals surface area contributed by atoms with Crippen molar-refractivity contribution in [3.63, 3.8) is 0 Å². The summed E-state index contributed by atoms with van der Waals surface area (Å²) in [5.41, 5.74) is 7.53. The van der Waals surface area contributed by atoms with Gasteiger partial charge in [0, 0.05) is 18.7 Å². The Labute approximate surface area is 104 Å². The normalized spacial score (nSPS) is 10.0. The number of aryl methyl sites for hydroxylation is 1. The molecule has 0 bridgehead atoms. The van der Waals surface area contributed by atoms with Crippen molar-refractivity contribution in [3.8, 4) is 6.07 Å². The van der Waals surface area contributed by atoms with Crippen LogP contribution in [-0.2, 0) is 6.42 Å². The van der Waals surface area contributed by atoms with Gasteiger partial charge in [-0.1, -0.05) is 5.16 Å². The first-order chi connectivity index (χ1) is 8.69. The Morgan fingerprint density at radius 1 is 1.50 bits per heavy atom. The summed E-state index contributed by atoms with van der Waals surface area (Å²) in [6.07, 6.45) is 0.640. The maximum atomic E-state index is 8.76. The number of rotatable bonds is 4. The zero-order valence-electron chi connectivity index (χ0n) is 9.97. The van der Waals surface area contributed by atoms with Crippen LogP contribution in [0.4, 0.5) is 11.4 Å². The highest BCUT2D eigenvalue weighted by Crippen LogP contribution is 2.16. The Balaban J connectivity index is 1.91. The minimum absolute atomic E-state index is 0.469. The van der Waals surface area contributed by atoms with Crippen LogP contribution in [0.1, 0.15) is 17.3 Å². The molecule has 0 aliphatic rings. The van der Waals surface area contributed by atoms with Crippen molar-refractivity contribution in [1.29, 1.82) is 5.26 Å². The van der Waals surface area contributed by atoms with E-state index in [0.29, 0.717) is 35.9 Å². The molecule has 0 saturated heterocycles. The van der Waals surface area contributed by atoms with Crippen LogP contribution in [0.5, 0.6) is 0 Å². The number of anilines is 2. The van der Waals surface area contributed by atoms with E-state index in [1.54, 1.807) is 19.1 Å². The summed E-state index contributed by atoms with van der Waals surface area (Å²) in [5, 5.41) is 15.6. The lowest BCUT2D eigenvalue weighted by Crippen LogP contribution is -2.05. The molecule has 2 aromatic rings. The van der Waals surface area contributed by atoms with E-state index in [1.165, 1.54) is 0 Å². The number of nitrogens with zero attached hydrogens (tertiary/aromatic N) is 3. The van der Waals surface area contributed by atoms with Crippen LogP contribution in [0.25, 0.3) is 0 Å². The molecule has 0 unspecified atom stereocenters. The predicted octanol–water partition coefficient (Wildman–Crippen LogP) is 1.49. The zero-order valence-corrected chi connectivity index (χ0v) is 9.97. The number of nitriles is 1. The first-order valence-corrected chi connectivity index (χ1v) is 5.51. The van der Waals surface area contributed by atoms with Crippen LogP contribution in [0, 0.1) is 18.3 Å². The fraction of sp³-hybridized carbons (Fsp3) is 0.250. The summed E-state index contributed by atoms with van der Waals surface area (Å²) in [6, 6.07) is 7.26. The van der Waals surface area contributed by atoms with Crippen LogP contribution < -0.4 is 11.1 Å². The molecule has 0 atom stereocenters. The Morgan fingerprint density at radius 3 is 2.94 bits per heavy atom. The third-order valence-electron chi connectivity index (χ3n) is 2.41. The third kappa shape index (κ3) is 2.77. The van der Waals surface area contributed by atoms with Gasteiger partial charge in [0.15, 0.2) is 5.82 Å². The molecule has 2 rings (SSSR count). The molecule has 0 aliphatic heterocycles. The van der Waals surface area contributed by atoms with Crippen molar-refractivity contribution >= 4 is 11.4 Å². The van der Waals surface area contributed by atoms with Crippen molar-refractivity contribution in [3.05, 3.63) is 35.5 Å². The summed E-state index contributed by atoms with van der Waals surface area (Å²) in [7, 11) is 0. The summed E-state index contributed by atoms with van der Waals surface area (Å²) in [5.74, 6) is 1.23. The van der Waals surface area contributed by atoms with E-state index in [9.17, 15) is 0 Å². The van der Waals surface area contributed by atoms with Gasteiger partial charge >= 0.3 is 0 Å². The maximum absolute atomic E-state index is 8.76. The highest BCUT2D eigenvalue weighted by Gasteiger charge is 2.03. The van der Waals surface area contributed by atoms with Gasteiger partial charge in [-0.2, -0.15) is 10.2 Å². The molecule has 1 aromatic carbocycles. The molecule has 0 aliphatic carbocycles. The first kappa shape index (κ1) is 11.9. The summed E-state index contributed by atoms with van der Waals surface area (Å²) < 4.78 is 4.99. The average Bonchev–Trinajstić information content (AvgIpc) is 2.75. The Kier molecular flexibility index (Phi) is 3.44. The molecule has 0 spiro atoms. The lowest BCUT2D eigenvalue weighted by Gasteiger charge is -2.06. The van der Waals surface area contributed by atoms with Gasteiger partial charge in [-0.25, -0.2) is 0 Å². The fourth-order valence-corrected chi connectivity index (χ4v) is 1.53. The highest BCUT2D eigenvalue weighted by molar-refractivity contribution is 5.62. The molecule has 1 aromatic heterocycles. The molecule has 0 fully saturated rings. The summed E-state index contributed by atoms with van der Waals surface area (Å²) >= 11 is 0. The van der Waals surface area contributed by atoms with E-state index in [0.717, 1.165) is 5.69 Å². The van der Waals surface area contributed by atoms with E-state index < -0.39 is 0 Å². The first-order valence-electron chi connectivity index (χ1n) is 5.51. The molecule has 0 amide bonds. The van der Waals surface area contributed by atoms with Gasteiger partial charge in [-0.3, -0.25) is 0 Å². The van der Waals surface area contributed by atoms with Crippen LogP contribution in [0.2, 0.25) is 0 Å².